The van der Waals surface area contributed by atoms with Gasteiger partial charge in [0.15, 0.2) is 17.5 Å². The van der Waals surface area contributed by atoms with Gasteiger partial charge in [0.05, 0.1) is 0 Å². The number of rotatable bonds is 4. The third kappa shape index (κ3) is 4.89. The van der Waals surface area contributed by atoms with E-state index in [1.165, 1.54) is 10.9 Å². The molecular formula is C48H31N3O2. The molecule has 1 unspecified atom stereocenters. The lowest BCUT2D eigenvalue weighted by molar-refractivity contribution is 0.513. The smallest absolute Gasteiger partial charge is 0.164 e. The molecule has 11 rings (SSSR count). The number of aromatic nitrogens is 3. The number of nitrogens with zero attached hydrogens (tertiary/aromatic N) is 3. The van der Waals surface area contributed by atoms with E-state index in [4.69, 9.17) is 23.8 Å². The number of hydrogen-bond acceptors (Lipinski definition) is 5. The molecule has 0 bridgehead atoms. The van der Waals surface area contributed by atoms with Crippen molar-refractivity contribution in [3.63, 3.8) is 0 Å². The van der Waals surface area contributed by atoms with E-state index in [2.05, 4.69) is 140 Å². The Morgan fingerprint density at radius 3 is 2.04 bits per heavy atom. The predicted octanol–water partition coefficient (Wildman–Crippen LogP) is 12.7. The highest BCUT2D eigenvalue weighted by molar-refractivity contribution is 6.15. The van der Waals surface area contributed by atoms with Gasteiger partial charge in [0.1, 0.15) is 22.5 Å². The Balaban J connectivity index is 1.14. The van der Waals surface area contributed by atoms with Crippen LogP contribution in [0.1, 0.15) is 18.2 Å². The van der Waals surface area contributed by atoms with Crippen LogP contribution in [0.4, 0.5) is 0 Å². The van der Waals surface area contributed by atoms with Gasteiger partial charge in [-0.05, 0) is 81.1 Å². The molecule has 0 aliphatic heterocycles. The summed E-state index contributed by atoms with van der Waals surface area (Å²) in [5, 5.41) is 7.84. The van der Waals surface area contributed by atoms with E-state index in [1.54, 1.807) is 0 Å². The first-order chi connectivity index (χ1) is 26.1. The number of furan rings is 2. The third-order valence-corrected chi connectivity index (χ3v) is 10.6. The summed E-state index contributed by atoms with van der Waals surface area (Å²) in [6.07, 6.45) is 5.34. The Bertz CT molecular complexity index is 3130. The average Bonchev–Trinajstić information content (AvgIpc) is 3.77. The molecule has 53 heavy (non-hydrogen) atoms. The van der Waals surface area contributed by atoms with Gasteiger partial charge in [0, 0.05) is 44.8 Å². The van der Waals surface area contributed by atoms with Crippen molar-refractivity contribution in [2.75, 3.05) is 0 Å². The summed E-state index contributed by atoms with van der Waals surface area (Å²) in [6, 6.07) is 48.5. The Morgan fingerprint density at radius 2 is 1.17 bits per heavy atom. The molecule has 3 aromatic heterocycles. The fourth-order valence-corrected chi connectivity index (χ4v) is 8.01. The van der Waals surface area contributed by atoms with Gasteiger partial charge in [-0.2, -0.15) is 0 Å². The van der Waals surface area contributed by atoms with Crippen molar-refractivity contribution in [3.8, 4) is 45.3 Å². The summed E-state index contributed by atoms with van der Waals surface area (Å²) in [5.74, 6) is 3.29. The van der Waals surface area contributed by atoms with E-state index in [1.807, 2.05) is 18.2 Å². The average molecular weight is 682 g/mol. The number of allylic oxidation sites excluding steroid dienone is 1. The van der Waals surface area contributed by atoms with Gasteiger partial charge >= 0.3 is 0 Å². The van der Waals surface area contributed by atoms with Gasteiger partial charge < -0.3 is 8.83 Å². The largest absolute Gasteiger partial charge is 0.460 e. The van der Waals surface area contributed by atoms with Gasteiger partial charge in [0.25, 0.3) is 0 Å². The van der Waals surface area contributed by atoms with Gasteiger partial charge in [-0.3, -0.25) is 0 Å². The molecule has 0 N–H and O–H groups in total. The van der Waals surface area contributed by atoms with Crippen LogP contribution in [0.3, 0.4) is 0 Å². The standard InChI is InChI=1S/C48H31N3O2/c1-28-17-21-36-37-22-20-33(27-44(37)53-43(36)23-28)47-49-46(32-19-18-29-9-2-3-10-30(29)24-32)50-48(51-47)34-25-31-11-4-5-12-35(31)40(26-34)38-14-8-16-42-45(38)39-13-6-7-15-41(39)52-42/h2-22,24-28H,23H2,1H3. The lowest BCUT2D eigenvalue weighted by Crippen LogP contribution is -2.00. The summed E-state index contributed by atoms with van der Waals surface area (Å²) < 4.78 is 12.8. The second kappa shape index (κ2) is 11.6. The number of fused-ring (bicyclic) bond motifs is 8. The van der Waals surface area contributed by atoms with Gasteiger partial charge in [-0.15, -0.1) is 0 Å². The normalized spacial score (nSPS) is 14.2. The highest BCUT2D eigenvalue weighted by Crippen LogP contribution is 2.41. The van der Waals surface area contributed by atoms with Crippen LogP contribution in [0, 0.1) is 5.92 Å². The van der Waals surface area contributed by atoms with Crippen LogP contribution in [0.5, 0.6) is 0 Å². The minimum atomic E-state index is 0.448. The van der Waals surface area contributed by atoms with Crippen LogP contribution >= 0.6 is 0 Å². The molecule has 5 nitrogen and oxygen atoms in total. The zero-order valence-corrected chi connectivity index (χ0v) is 28.9. The van der Waals surface area contributed by atoms with Crippen LogP contribution in [0.25, 0.3) is 106 Å². The Morgan fingerprint density at radius 1 is 0.491 bits per heavy atom. The maximum Gasteiger partial charge on any atom is 0.164 e. The van der Waals surface area contributed by atoms with Crippen molar-refractivity contribution in [1.29, 1.82) is 0 Å². The Kier molecular flexibility index (Phi) is 6.52. The fourth-order valence-electron chi connectivity index (χ4n) is 8.01. The second-order valence-electron chi connectivity index (χ2n) is 14.1. The third-order valence-electron chi connectivity index (χ3n) is 10.6. The van der Waals surface area contributed by atoms with Gasteiger partial charge in [-0.1, -0.05) is 116 Å². The Labute approximate surface area is 304 Å². The zero-order chi connectivity index (χ0) is 35.0. The van der Waals surface area contributed by atoms with E-state index < -0.39 is 0 Å². The lowest BCUT2D eigenvalue weighted by atomic mass is 9.92. The zero-order valence-electron chi connectivity index (χ0n) is 28.9. The molecule has 0 spiro atoms. The molecule has 0 radical (unpaired) electrons. The van der Waals surface area contributed by atoms with Crippen molar-refractivity contribution in [2.45, 2.75) is 13.3 Å². The summed E-state index contributed by atoms with van der Waals surface area (Å²) in [4.78, 5) is 15.5. The van der Waals surface area contributed by atoms with Crippen LogP contribution in [0.15, 0.2) is 154 Å². The van der Waals surface area contributed by atoms with E-state index in [0.29, 0.717) is 23.4 Å². The Hall–Kier alpha value is -6.85. The van der Waals surface area contributed by atoms with E-state index in [0.717, 1.165) is 89.1 Å². The molecular weight excluding hydrogens is 651 g/mol. The van der Waals surface area contributed by atoms with Crippen LogP contribution < -0.4 is 0 Å². The SMILES string of the molecule is CC1C=Cc2c(oc3cc(-c4nc(-c5ccc6ccccc6c5)nc(-c5cc(-c6cccc7oc8ccccc8c67)c6ccccc6c5)n4)ccc23)C1. The van der Waals surface area contributed by atoms with E-state index >= 15 is 0 Å². The summed E-state index contributed by atoms with van der Waals surface area (Å²) in [5.41, 5.74) is 8.65. The van der Waals surface area contributed by atoms with Crippen molar-refractivity contribution in [2.24, 2.45) is 5.92 Å². The number of hydrogen-bond donors (Lipinski definition) is 0. The topological polar surface area (TPSA) is 65.0 Å². The van der Waals surface area contributed by atoms with Crippen LogP contribution in [-0.2, 0) is 6.42 Å². The van der Waals surface area contributed by atoms with E-state index in [9.17, 15) is 0 Å². The molecule has 0 amide bonds. The maximum atomic E-state index is 6.44. The first-order valence-corrected chi connectivity index (χ1v) is 18.1. The maximum absolute atomic E-state index is 6.44. The molecule has 250 valence electrons. The minimum Gasteiger partial charge on any atom is -0.460 e. The molecule has 1 aliphatic rings. The molecule has 10 aromatic rings. The molecule has 0 fully saturated rings. The highest BCUT2D eigenvalue weighted by Gasteiger charge is 2.21. The van der Waals surface area contributed by atoms with Crippen molar-refractivity contribution in [3.05, 3.63) is 157 Å². The molecule has 7 aromatic carbocycles. The quantitative estimate of drug-likeness (QED) is 0.185. The van der Waals surface area contributed by atoms with Crippen molar-refractivity contribution < 1.29 is 8.83 Å². The van der Waals surface area contributed by atoms with E-state index in [-0.39, 0.29) is 0 Å². The number of benzene rings is 7. The molecule has 3 heterocycles. The van der Waals surface area contributed by atoms with Gasteiger partial charge in [-0.25, -0.2) is 15.0 Å². The summed E-state index contributed by atoms with van der Waals surface area (Å²) in [6.45, 7) is 2.22. The minimum absolute atomic E-state index is 0.448. The molecule has 1 aliphatic carbocycles. The predicted molar refractivity (Wildman–Crippen MR) is 216 cm³/mol. The second-order valence-corrected chi connectivity index (χ2v) is 14.1. The van der Waals surface area contributed by atoms with Crippen molar-refractivity contribution >= 4 is 60.5 Å². The first-order valence-electron chi connectivity index (χ1n) is 18.1. The van der Waals surface area contributed by atoms with Crippen LogP contribution in [0.2, 0.25) is 0 Å². The highest BCUT2D eigenvalue weighted by atomic mass is 16.3. The molecule has 0 saturated carbocycles. The molecule has 1 atom stereocenters. The monoisotopic (exact) mass is 681 g/mol. The summed E-state index contributed by atoms with van der Waals surface area (Å²) >= 11 is 0. The summed E-state index contributed by atoms with van der Waals surface area (Å²) in [7, 11) is 0. The molecule has 5 heteroatoms. The van der Waals surface area contributed by atoms with Crippen molar-refractivity contribution in [1.82, 2.24) is 15.0 Å². The van der Waals surface area contributed by atoms with Gasteiger partial charge in [0.2, 0.25) is 0 Å². The van der Waals surface area contributed by atoms with Crippen LogP contribution in [-0.4, -0.2) is 15.0 Å². The molecule has 0 saturated heterocycles. The first kappa shape index (κ1) is 29.8. The fraction of sp³-hybridized carbons (Fsp3) is 0.0625. The number of para-hydroxylation sites is 1. The lowest BCUT2D eigenvalue weighted by Gasteiger charge is -2.13.